The van der Waals surface area contributed by atoms with Crippen LogP contribution in [0.1, 0.15) is 52.7 Å². The monoisotopic (exact) mass is 676 g/mol. The maximum absolute atomic E-state index is 13.6. The van der Waals surface area contributed by atoms with Crippen molar-refractivity contribution >= 4 is 24.0 Å². The van der Waals surface area contributed by atoms with Gasteiger partial charge in [-0.2, -0.15) is 0 Å². The van der Waals surface area contributed by atoms with E-state index < -0.39 is 59.1 Å². The predicted molar refractivity (Wildman–Crippen MR) is 185 cm³/mol. The first-order valence-corrected chi connectivity index (χ1v) is 16.0. The second kappa shape index (κ2) is 16.9. The van der Waals surface area contributed by atoms with Gasteiger partial charge in [-0.25, -0.2) is 14.6 Å². The van der Waals surface area contributed by atoms with Crippen molar-refractivity contribution in [2.75, 3.05) is 6.54 Å². The van der Waals surface area contributed by atoms with Crippen LogP contribution in [-0.4, -0.2) is 80.1 Å². The van der Waals surface area contributed by atoms with Crippen LogP contribution in [0.15, 0.2) is 79.0 Å². The van der Waals surface area contributed by atoms with Gasteiger partial charge >= 0.3 is 12.2 Å². The van der Waals surface area contributed by atoms with E-state index in [1.165, 1.54) is 5.01 Å². The van der Waals surface area contributed by atoms with E-state index in [9.17, 15) is 34.5 Å². The molecule has 0 saturated carbocycles. The third kappa shape index (κ3) is 12.2. The fourth-order valence-electron chi connectivity index (χ4n) is 5.27. The molecule has 1 heterocycles. The molecule has 0 radical (unpaired) electrons. The number of pyridine rings is 1. The topological polar surface area (TPSA) is 193 Å². The zero-order valence-electron chi connectivity index (χ0n) is 28.8. The second-order valence-electron chi connectivity index (χ2n) is 14.1. The summed E-state index contributed by atoms with van der Waals surface area (Å²) in [6, 6.07) is 19.1. The van der Waals surface area contributed by atoms with Crippen LogP contribution < -0.4 is 21.4 Å². The highest BCUT2D eigenvalue weighted by atomic mass is 16.4. The summed E-state index contributed by atoms with van der Waals surface area (Å²) in [7, 11) is 0. The van der Waals surface area contributed by atoms with Crippen LogP contribution in [0.4, 0.5) is 9.59 Å². The summed E-state index contributed by atoms with van der Waals surface area (Å²) in [5, 5.41) is 39.5. The van der Waals surface area contributed by atoms with E-state index in [-0.39, 0.29) is 19.5 Å². The van der Waals surface area contributed by atoms with Gasteiger partial charge in [0.25, 0.3) is 5.91 Å². The van der Waals surface area contributed by atoms with Crippen molar-refractivity contribution in [3.63, 3.8) is 0 Å². The molecule has 0 aliphatic rings. The predicted octanol–water partition coefficient (Wildman–Crippen LogP) is 4.03. The molecule has 7 N–H and O–H groups in total. The molecule has 3 aromatic rings. The van der Waals surface area contributed by atoms with Crippen LogP contribution in [0.2, 0.25) is 0 Å². The highest BCUT2D eigenvalue weighted by Gasteiger charge is 2.37. The number of carboxylic acid groups (broad SMARTS) is 2. The number of rotatable bonds is 14. The number of benzene rings is 2. The molecular formula is C36H48N6O7. The van der Waals surface area contributed by atoms with Gasteiger partial charge in [-0.15, -0.1) is 0 Å². The van der Waals surface area contributed by atoms with Crippen LogP contribution >= 0.6 is 0 Å². The molecular weight excluding hydrogens is 628 g/mol. The summed E-state index contributed by atoms with van der Waals surface area (Å²) in [4.78, 5) is 54.6. The molecule has 0 aliphatic heterocycles. The Morgan fingerprint density at radius 3 is 1.78 bits per heavy atom. The lowest BCUT2D eigenvalue weighted by atomic mass is 9.85. The second-order valence-corrected chi connectivity index (χ2v) is 14.1. The lowest BCUT2D eigenvalue weighted by Crippen LogP contribution is -2.60. The Labute approximate surface area is 287 Å². The number of hydrazine groups is 1. The van der Waals surface area contributed by atoms with E-state index in [2.05, 4.69) is 26.4 Å². The number of nitrogens with one attached hydrogen (secondary N) is 4. The fourth-order valence-corrected chi connectivity index (χ4v) is 5.27. The molecule has 4 amide bonds. The summed E-state index contributed by atoms with van der Waals surface area (Å²) < 4.78 is 0. The van der Waals surface area contributed by atoms with Crippen molar-refractivity contribution in [1.82, 2.24) is 31.4 Å². The van der Waals surface area contributed by atoms with Crippen LogP contribution in [0.3, 0.4) is 0 Å². The number of amides is 4. The Bertz CT molecular complexity index is 1540. The third-order valence-electron chi connectivity index (χ3n) is 7.85. The first-order valence-electron chi connectivity index (χ1n) is 16.0. The zero-order valence-corrected chi connectivity index (χ0v) is 28.8. The molecule has 3 rings (SSSR count). The quantitative estimate of drug-likeness (QED) is 0.123. The number of carbonyl (C=O) groups excluding carboxylic acids is 2. The van der Waals surface area contributed by atoms with Gasteiger partial charge in [0.2, 0.25) is 5.91 Å². The molecule has 0 saturated heterocycles. The largest absolute Gasteiger partial charge is 0.465 e. The van der Waals surface area contributed by atoms with Gasteiger partial charge < -0.3 is 31.3 Å². The highest BCUT2D eigenvalue weighted by Crippen LogP contribution is 2.22. The van der Waals surface area contributed by atoms with E-state index in [4.69, 9.17) is 0 Å². The molecule has 4 atom stereocenters. The number of aromatic nitrogens is 1. The third-order valence-corrected chi connectivity index (χ3v) is 7.85. The summed E-state index contributed by atoms with van der Waals surface area (Å²) >= 11 is 0. The summed E-state index contributed by atoms with van der Waals surface area (Å²) in [6.07, 6.45) is -2.10. The standard InChI is InChI=1S/C36H48N6O7/c1-35(2,3)29(39-33(46)47)31(44)38-27(20-23-12-8-7-9-13-23)28(43)22-42(41-32(45)30(36(4,5)6)40-34(48)49)21-24-15-17-25(18-16-24)26-14-10-11-19-37-26/h7-19,27-30,39-40,43H,20-22H2,1-6H3,(H,38,44)(H,41,45)(H,46,47)(H,48,49). The van der Waals surface area contributed by atoms with Gasteiger partial charge in [-0.05, 0) is 40.5 Å². The highest BCUT2D eigenvalue weighted by molar-refractivity contribution is 5.86. The SMILES string of the molecule is CC(C)(C)C(NC(=O)O)C(=O)NC(Cc1ccccc1)C(O)CN(Cc1ccc(-c2ccccn2)cc1)NC(=O)C(NC(=O)O)C(C)(C)C. The molecule has 0 aliphatic carbocycles. The smallest absolute Gasteiger partial charge is 0.405 e. The van der Waals surface area contributed by atoms with Gasteiger partial charge in [-0.3, -0.25) is 20.0 Å². The van der Waals surface area contributed by atoms with Gasteiger partial charge in [0.1, 0.15) is 12.1 Å². The van der Waals surface area contributed by atoms with E-state index in [0.717, 1.165) is 22.4 Å². The molecule has 2 aromatic carbocycles. The molecule has 1 aromatic heterocycles. The van der Waals surface area contributed by atoms with Crippen LogP contribution in [0.5, 0.6) is 0 Å². The molecule has 0 bridgehead atoms. The Hall–Kier alpha value is -5.01. The van der Waals surface area contributed by atoms with Crippen molar-refractivity contribution in [2.24, 2.45) is 10.8 Å². The lowest BCUT2D eigenvalue weighted by molar-refractivity contribution is -0.132. The summed E-state index contributed by atoms with van der Waals surface area (Å²) in [5.41, 5.74) is 4.46. The Balaban J connectivity index is 1.94. The number of nitrogens with zero attached hydrogens (tertiary/aromatic N) is 2. The number of aliphatic hydroxyl groups is 1. The Morgan fingerprint density at radius 2 is 1.27 bits per heavy atom. The minimum Gasteiger partial charge on any atom is -0.465 e. The van der Waals surface area contributed by atoms with E-state index in [1.54, 1.807) is 47.7 Å². The van der Waals surface area contributed by atoms with Crippen LogP contribution in [0, 0.1) is 10.8 Å². The average molecular weight is 677 g/mol. The first-order chi connectivity index (χ1) is 22.9. The lowest BCUT2D eigenvalue weighted by Gasteiger charge is -2.35. The fraction of sp³-hybridized carbons (Fsp3) is 0.417. The van der Waals surface area contributed by atoms with Crippen molar-refractivity contribution in [3.05, 3.63) is 90.1 Å². The molecule has 4 unspecified atom stereocenters. The minimum atomic E-state index is -1.36. The molecule has 49 heavy (non-hydrogen) atoms. The zero-order chi connectivity index (χ0) is 36.4. The normalized spacial score (nSPS) is 14.2. The molecule has 0 spiro atoms. The number of hydrogen-bond acceptors (Lipinski definition) is 7. The van der Waals surface area contributed by atoms with Gasteiger partial charge in [0.15, 0.2) is 0 Å². The maximum atomic E-state index is 13.6. The maximum Gasteiger partial charge on any atom is 0.405 e. The van der Waals surface area contributed by atoms with Crippen molar-refractivity contribution in [2.45, 2.75) is 78.7 Å². The molecule has 13 heteroatoms. The van der Waals surface area contributed by atoms with Gasteiger partial charge in [0.05, 0.1) is 17.8 Å². The number of aliphatic hydroxyl groups excluding tert-OH is 1. The molecule has 13 nitrogen and oxygen atoms in total. The Morgan fingerprint density at radius 1 is 0.714 bits per heavy atom. The number of hydrogen-bond donors (Lipinski definition) is 7. The first kappa shape index (κ1) is 38.4. The van der Waals surface area contributed by atoms with Gasteiger partial charge in [-0.1, -0.05) is 102 Å². The number of carbonyl (C=O) groups is 4. The molecule has 0 fully saturated rings. The van der Waals surface area contributed by atoms with Crippen molar-refractivity contribution < 1.29 is 34.5 Å². The van der Waals surface area contributed by atoms with Crippen molar-refractivity contribution in [1.29, 1.82) is 0 Å². The van der Waals surface area contributed by atoms with E-state index in [0.29, 0.717) is 0 Å². The summed E-state index contributed by atoms with van der Waals surface area (Å²) in [5.74, 6) is -1.25. The Kier molecular flexibility index (Phi) is 13.2. The van der Waals surface area contributed by atoms with Crippen molar-refractivity contribution in [3.8, 4) is 11.3 Å². The van der Waals surface area contributed by atoms with Gasteiger partial charge in [0, 0.05) is 24.8 Å². The van der Waals surface area contributed by atoms with Crippen LogP contribution in [0.25, 0.3) is 11.3 Å². The minimum absolute atomic E-state index is 0.117. The molecule has 264 valence electrons. The summed E-state index contributed by atoms with van der Waals surface area (Å²) in [6.45, 7) is 10.3. The van der Waals surface area contributed by atoms with E-state index in [1.807, 2.05) is 72.8 Å². The average Bonchev–Trinajstić information content (AvgIpc) is 3.02. The van der Waals surface area contributed by atoms with Crippen LogP contribution in [-0.2, 0) is 22.6 Å². The van der Waals surface area contributed by atoms with E-state index >= 15 is 0 Å².